The number of carbonyl (C=O) groups is 1. The van der Waals surface area contributed by atoms with Gasteiger partial charge in [0.1, 0.15) is 0 Å². The van der Waals surface area contributed by atoms with E-state index in [-0.39, 0.29) is 0 Å². The van der Waals surface area contributed by atoms with Crippen LogP contribution in [-0.4, -0.2) is 10.9 Å². The Hall–Kier alpha value is -1.57. The highest BCUT2D eigenvalue weighted by Gasteiger charge is 2.09. The fourth-order valence-electron chi connectivity index (χ4n) is 2.26. The molecule has 1 heterocycles. The van der Waals surface area contributed by atoms with E-state index in [1.54, 1.807) is 0 Å². The molecule has 0 amide bonds. The van der Waals surface area contributed by atoms with Gasteiger partial charge in [-0.2, -0.15) is 0 Å². The highest BCUT2D eigenvalue weighted by molar-refractivity contribution is 5.98. The average Bonchev–Trinajstić information content (AvgIpc) is 2.68. The quantitative estimate of drug-likeness (QED) is 0.716. The van der Waals surface area contributed by atoms with E-state index < -0.39 is 0 Å². The third-order valence-corrected chi connectivity index (χ3v) is 2.99. The molecule has 0 aliphatic heterocycles. The number of hydrogen-bond donors (Lipinski definition) is 0. The molecule has 1 aromatic carbocycles. The Labute approximate surface area is 95.9 Å². The minimum absolute atomic E-state index is 0.804. The maximum atomic E-state index is 11.0. The van der Waals surface area contributed by atoms with Gasteiger partial charge in [0.25, 0.3) is 0 Å². The smallest absolute Gasteiger partial charge is 0.152 e. The van der Waals surface area contributed by atoms with Gasteiger partial charge in [-0.3, -0.25) is 4.79 Å². The summed E-state index contributed by atoms with van der Waals surface area (Å²) in [7, 11) is 0. The molecule has 0 radical (unpaired) electrons. The van der Waals surface area contributed by atoms with Crippen LogP contribution in [0.5, 0.6) is 0 Å². The number of aldehydes is 1. The number of aryl methyl sites for hydroxylation is 2. The van der Waals surface area contributed by atoms with E-state index in [9.17, 15) is 4.79 Å². The Bertz CT molecular complexity index is 511. The van der Waals surface area contributed by atoms with Gasteiger partial charge in [-0.05, 0) is 18.4 Å². The summed E-state index contributed by atoms with van der Waals surface area (Å²) in [6, 6.07) is 6.21. The van der Waals surface area contributed by atoms with E-state index in [1.165, 1.54) is 11.1 Å². The number of fused-ring (bicyclic) bond motifs is 1. The zero-order valence-corrected chi connectivity index (χ0v) is 9.86. The molecule has 0 saturated heterocycles. The van der Waals surface area contributed by atoms with Crippen molar-refractivity contribution in [2.24, 2.45) is 0 Å². The largest absolute Gasteiger partial charge is 0.347 e. The van der Waals surface area contributed by atoms with Gasteiger partial charge in [-0.15, -0.1) is 0 Å². The van der Waals surface area contributed by atoms with Crippen LogP contribution >= 0.6 is 0 Å². The van der Waals surface area contributed by atoms with Crippen LogP contribution in [-0.2, 0) is 13.0 Å². The fourth-order valence-corrected chi connectivity index (χ4v) is 2.26. The molecule has 16 heavy (non-hydrogen) atoms. The van der Waals surface area contributed by atoms with Crippen molar-refractivity contribution in [1.82, 2.24) is 4.57 Å². The monoisotopic (exact) mass is 215 g/mol. The molecule has 0 aliphatic carbocycles. The van der Waals surface area contributed by atoms with Crippen LogP contribution in [0, 0.1) is 0 Å². The van der Waals surface area contributed by atoms with Gasteiger partial charge in [0.15, 0.2) is 6.29 Å². The van der Waals surface area contributed by atoms with Crippen molar-refractivity contribution < 1.29 is 4.79 Å². The van der Waals surface area contributed by atoms with E-state index >= 15 is 0 Å². The molecule has 0 saturated carbocycles. The van der Waals surface area contributed by atoms with E-state index in [4.69, 9.17) is 0 Å². The van der Waals surface area contributed by atoms with Crippen LogP contribution in [0.25, 0.3) is 10.9 Å². The maximum Gasteiger partial charge on any atom is 0.152 e. The molecule has 0 aliphatic rings. The van der Waals surface area contributed by atoms with Gasteiger partial charge in [0.05, 0.1) is 5.52 Å². The third kappa shape index (κ3) is 1.64. The molecule has 0 fully saturated rings. The molecule has 0 atom stereocenters. The van der Waals surface area contributed by atoms with Gasteiger partial charge in [-0.1, -0.05) is 32.0 Å². The summed E-state index contributed by atoms with van der Waals surface area (Å²) in [5.74, 6) is 0. The Morgan fingerprint density at radius 3 is 2.75 bits per heavy atom. The predicted molar refractivity (Wildman–Crippen MR) is 67.0 cm³/mol. The molecule has 0 bridgehead atoms. The number of nitrogens with zero attached hydrogens (tertiary/aromatic N) is 1. The lowest BCUT2D eigenvalue weighted by Crippen LogP contribution is -1.96. The summed E-state index contributed by atoms with van der Waals surface area (Å²) < 4.78 is 2.21. The lowest BCUT2D eigenvalue weighted by molar-refractivity contribution is 0.112. The summed E-state index contributed by atoms with van der Waals surface area (Å²) >= 11 is 0. The second-order valence-corrected chi connectivity index (χ2v) is 4.06. The minimum atomic E-state index is 0.804. The Kier molecular flexibility index (Phi) is 3.09. The van der Waals surface area contributed by atoms with Crippen molar-refractivity contribution in [3.63, 3.8) is 0 Å². The molecule has 1 aromatic heterocycles. The van der Waals surface area contributed by atoms with Gasteiger partial charge in [-0.25, -0.2) is 0 Å². The Morgan fingerprint density at radius 1 is 1.31 bits per heavy atom. The summed E-state index contributed by atoms with van der Waals surface area (Å²) in [5.41, 5.74) is 3.35. The fraction of sp³-hybridized carbons (Fsp3) is 0.357. The zero-order chi connectivity index (χ0) is 11.5. The molecular formula is C14H17NO. The summed E-state index contributed by atoms with van der Waals surface area (Å²) in [6.07, 6.45) is 5.01. The molecule has 0 unspecified atom stereocenters. The van der Waals surface area contributed by atoms with Crippen LogP contribution in [0.3, 0.4) is 0 Å². The topological polar surface area (TPSA) is 22.0 Å². The average molecular weight is 215 g/mol. The highest BCUT2D eigenvalue weighted by atomic mass is 16.1. The summed E-state index contributed by atoms with van der Waals surface area (Å²) in [4.78, 5) is 11.0. The lowest BCUT2D eigenvalue weighted by atomic mass is 10.1. The van der Waals surface area contributed by atoms with E-state index in [0.29, 0.717) is 0 Å². The number of aromatic nitrogens is 1. The first-order valence-electron chi connectivity index (χ1n) is 5.87. The van der Waals surface area contributed by atoms with E-state index in [1.807, 2.05) is 18.3 Å². The normalized spacial score (nSPS) is 10.9. The van der Waals surface area contributed by atoms with Crippen LogP contribution < -0.4 is 0 Å². The van der Waals surface area contributed by atoms with Crippen molar-refractivity contribution in [2.45, 2.75) is 33.2 Å². The van der Waals surface area contributed by atoms with Crippen molar-refractivity contribution in [3.05, 3.63) is 35.5 Å². The van der Waals surface area contributed by atoms with Gasteiger partial charge in [0, 0.05) is 23.7 Å². The molecule has 84 valence electrons. The first kappa shape index (κ1) is 10.9. The third-order valence-electron chi connectivity index (χ3n) is 2.99. The van der Waals surface area contributed by atoms with Gasteiger partial charge < -0.3 is 4.57 Å². The van der Waals surface area contributed by atoms with Gasteiger partial charge in [0.2, 0.25) is 0 Å². The van der Waals surface area contributed by atoms with E-state index in [0.717, 1.165) is 36.6 Å². The maximum absolute atomic E-state index is 11.0. The highest BCUT2D eigenvalue weighted by Crippen LogP contribution is 2.24. The molecule has 2 nitrogen and oxygen atoms in total. The summed E-state index contributed by atoms with van der Waals surface area (Å²) in [5, 5.41) is 1.09. The van der Waals surface area contributed by atoms with Gasteiger partial charge >= 0.3 is 0 Å². The SMILES string of the molecule is CCCn1cc(C=O)c2cccc(CC)c21. The minimum Gasteiger partial charge on any atom is -0.347 e. The number of hydrogen-bond acceptors (Lipinski definition) is 1. The van der Waals surface area contributed by atoms with Crippen LogP contribution in [0.1, 0.15) is 36.2 Å². The number of rotatable bonds is 4. The number of carbonyl (C=O) groups excluding carboxylic acids is 1. The predicted octanol–water partition coefficient (Wildman–Crippen LogP) is 3.43. The lowest BCUT2D eigenvalue weighted by Gasteiger charge is -2.06. The van der Waals surface area contributed by atoms with Crippen molar-refractivity contribution >= 4 is 17.2 Å². The van der Waals surface area contributed by atoms with Crippen LogP contribution in [0.4, 0.5) is 0 Å². The molecule has 0 N–H and O–H groups in total. The van der Waals surface area contributed by atoms with Crippen molar-refractivity contribution in [1.29, 1.82) is 0 Å². The first-order chi connectivity index (χ1) is 7.81. The number of benzene rings is 1. The second-order valence-electron chi connectivity index (χ2n) is 4.06. The second kappa shape index (κ2) is 4.52. The first-order valence-corrected chi connectivity index (χ1v) is 5.87. The molecule has 0 spiro atoms. The van der Waals surface area contributed by atoms with Crippen LogP contribution in [0.2, 0.25) is 0 Å². The Morgan fingerprint density at radius 2 is 2.12 bits per heavy atom. The molecule has 2 rings (SSSR count). The van der Waals surface area contributed by atoms with Crippen molar-refractivity contribution in [2.75, 3.05) is 0 Å². The molecule has 2 heteroatoms. The standard InChI is InChI=1S/C14H17NO/c1-3-8-15-9-12(10-16)13-7-5-6-11(4-2)14(13)15/h5-7,9-10H,3-4,8H2,1-2H3. The Balaban J connectivity index is 2.74. The van der Waals surface area contributed by atoms with Crippen molar-refractivity contribution in [3.8, 4) is 0 Å². The molecule has 2 aromatic rings. The summed E-state index contributed by atoms with van der Waals surface area (Å²) in [6.45, 7) is 5.28. The van der Waals surface area contributed by atoms with Crippen LogP contribution in [0.15, 0.2) is 24.4 Å². The zero-order valence-electron chi connectivity index (χ0n) is 9.86. The number of para-hydroxylation sites is 1. The van der Waals surface area contributed by atoms with E-state index in [2.05, 4.69) is 24.5 Å². The molecular weight excluding hydrogens is 198 g/mol.